The summed E-state index contributed by atoms with van der Waals surface area (Å²) in [4.78, 5) is 0. The van der Waals surface area contributed by atoms with Crippen molar-refractivity contribution in [3.05, 3.63) is 24.2 Å². The van der Waals surface area contributed by atoms with Gasteiger partial charge in [0.2, 0.25) is 0 Å². The first-order valence-electron chi connectivity index (χ1n) is 5.50. The van der Waals surface area contributed by atoms with Crippen LogP contribution in [-0.2, 0) is 0 Å². The fourth-order valence-corrected chi connectivity index (χ4v) is 0.438. The summed E-state index contributed by atoms with van der Waals surface area (Å²) >= 11 is 0. The zero-order valence-corrected chi connectivity index (χ0v) is 5.00. The summed E-state index contributed by atoms with van der Waals surface area (Å²) in [5.74, 6) is -3.27. The number of hydrogen-bond acceptors (Lipinski definition) is 0. The van der Waals surface area contributed by atoms with Gasteiger partial charge in [0.15, 0.2) is 0 Å². The number of hydrogen-bond donors (Lipinski definition) is 0. The predicted octanol–water partition coefficient (Wildman–Crippen LogP) is 2.38. The highest BCUT2D eigenvalue weighted by atomic mass is 14.1. The van der Waals surface area contributed by atoms with Crippen molar-refractivity contribution in [3.63, 3.8) is 0 Å². The fourth-order valence-electron chi connectivity index (χ4n) is 0.438. The van der Waals surface area contributed by atoms with Gasteiger partial charge in [0, 0.05) is 2.74 Å². The van der Waals surface area contributed by atoms with Crippen LogP contribution in [0.5, 0.6) is 0 Å². The van der Waals surface area contributed by atoms with Crippen LogP contribution in [-0.4, -0.2) is 0 Å². The Hall–Kier alpha value is -0.520. The van der Waals surface area contributed by atoms with E-state index in [1.54, 1.807) is 0 Å². The summed E-state index contributed by atoms with van der Waals surface area (Å²) in [5.41, 5.74) is 0. The van der Waals surface area contributed by atoms with Crippen LogP contribution in [0.3, 0.4) is 0 Å². The Morgan fingerprint density at radius 3 is 2.00 bits per heavy atom. The van der Waals surface area contributed by atoms with Crippen LogP contribution in [0.4, 0.5) is 0 Å². The first kappa shape index (κ1) is 1.73. The maximum absolute atomic E-state index is 7.80. The van der Waals surface area contributed by atoms with Crippen LogP contribution in [0.15, 0.2) is 24.2 Å². The van der Waals surface area contributed by atoms with Crippen molar-refractivity contribution in [3.8, 4) is 0 Å². The van der Waals surface area contributed by atoms with Gasteiger partial charge in [-0.2, -0.15) is 0 Å². The molecule has 2 atom stereocenters. The van der Waals surface area contributed by atoms with Gasteiger partial charge in [-0.1, -0.05) is 38.1 Å². The average molecular weight is 114 g/mol. The second-order valence-corrected chi connectivity index (χ2v) is 1.75. The van der Waals surface area contributed by atoms with Crippen LogP contribution >= 0.6 is 0 Å². The van der Waals surface area contributed by atoms with E-state index < -0.39 is 23.9 Å². The summed E-state index contributed by atoms with van der Waals surface area (Å²) in [6.07, 6.45) is 0. The minimum Gasteiger partial charge on any atom is -0.0811 e. The first-order chi connectivity index (χ1) is 6.14. The summed E-state index contributed by atoms with van der Waals surface area (Å²) < 4.78 is 45.3. The molecule has 8 heavy (non-hydrogen) atoms. The average Bonchev–Trinajstić information content (AvgIpc) is 2.10. The van der Waals surface area contributed by atoms with Crippen molar-refractivity contribution in [2.24, 2.45) is 11.8 Å². The van der Waals surface area contributed by atoms with Crippen LogP contribution < -0.4 is 0 Å². The van der Waals surface area contributed by atoms with Gasteiger partial charge in [-0.25, -0.2) is 0 Å². The molecule has 0 amide bonds. The molecule has 44 valence electrons. The van der Waals surface area contributed by atoms with Crippen molar-refractivity contribution in [1.29, 1.82) is 0 Å². The van der Waals surface area contributed by atoms with E-state index in [1.165, 1.54) is 13.8 Å². The van der Waals surface area contributed by atoms with Gasteiger partial charge in [-0.3, -0.25) is 0 Å². The normalized spacial score (nSPS) is 69.8. The van der Waals surface area contributed by atoms with Gasteiger partial charge >= 0.3 is 0 Å². The summed E-state index contributed by atoms with van der Waals surface area (Å²) in [6, 6.07) is -1.57. The number of allylic oxidation sites excluding steroid dienone is 4. The van der Waals surface area contributed by atoms with E-state index in [0.717, 1.165) is 0 Å². The molecule has 0 nitrogen and oxygen atoms in total. The quantitative estimate of drug-likeness (QED) is 0.453. The lowest BCUT2D eigenvalue weighted by atomic mass is 9.92. The maximum Gasteiger partial charge on any atom is 0.0619 e. The molecule has 0 heterocycles. The van der Waals surface area contributed by atoms with E-state index in [4.69, 9.17) is 8.22 Å². The van der Waals surface area contributed by atoms with Gasteiger partial charge in [-0.05, 0) is 11.8 Å². The summed E-state index contributed by atoms with van der Waals surface area (Å²) in [5, 5.41) is 0. The molecule has 0 aromatic carbocycles. The second-order valence-electron chi connectivity index (χ2n) is 1.75. The van der Waals surface area contributed by atoms with Gasteiger partial charge in [0.1, 0.15) is 0 Å². The van der Waals surface area contributed by atoms with E-state index in [0.29, 0.717) is 0 Å². The summed E-state index contributed by atoms with van der Waals surface area (Å²) in [6.45, 7) is 2.66. The summed E-state index contributed by atoms with van der Waals surface area (Å²) in [7, 11) is 0. The largest absolute Gasteiger partial charge is 0.0811 e. The topological polar surface area (TPSA) is 0 Å². The second kappa shape index (κ2) is 2.17. The molecule has 1 rings (SSSR count). The molecule has 1 aliphatic carbocycles. The van der Waals surface area contributed by atoms with Crippen molar-refractivity contribution < 1.29 is 8.22 Å². The van der Waals surface area contributed by atoms with Crippen LogP contribution in [0.25, 0.3) is 0 Å². The molecule has 0 radical (unpaired) electrons. The van der Waals surface area contributed by atoms with Gasteiger partial charge in [0.25, 0.3) is 0 Å². The molecule has 1 aliphatic rings. The molecule has 0 spiro atoms. The lowest BCUT2D eigenvalue weighted by Gasteiger charge is -2.13. The SMILES string of the molecule is [2H]C1=C([2H])C([2H])(C)C([2H])(C)C([2H])=C1[2H]. The van der Waals surface area contributed by atoms with Gasteiger partial charge < -0.3 is 0 Å². The first-order valence-corrected chi connectivity index (χ1v) is 2.50. The third kappa shape index (κ3) is 1.00. The van der Waals surface area contributed by atoms with Crippen LogP contribution in [0.2, 0.25) is 0 Å². The van der Waals surface area contributed by atoms with E-state index in [2.05, 4.69) is 0 Å². The van der Waals surface area contributed by atoms with Crippen LogP contribution in [0, 0.1) is 11.8 Å². The fraction of sp³-hybridized carbons (Fsp3) is 0.500. The molecule has 0 N–H and O–H groups in total. The zero-order valence-electron chi connectivity index (χ0n) is 11.0. The standard InChI is InChI=1S/C8H12/c1-7-5-3-4-6-8(7)2/h3-8H,1-2H3/i3D,4D,5D,6D,7D,8D. The van der Waals surface area contributed by atoms with E-state index in [1.807, 2.05) is 0 Å². The Labute approximate surface area is 59.3 Å². The Balaban J connectivity index is 3.48. The molecule has 0 aromatic heterocycles. The van der Waals surface area contributed by atoms with E-state index >= 15 is 0 Å². The zero-order chi connectivity index (χ0) is 11.3. The molecule has 0 aromatic rings. The Kier molecular flexibility index (Phi) is 0.468. The third-order valence-corrected chi connectivity index (χ3v) is 1.12. The van der Waals surface area contributed by atoms with Crippen LogP contribution in [0.1, 0.15) is 22.1 Å². The highest BCUT2D eigenvalue weighted by Gasteiger charge is 2.05. The Bertz CT molecular complexity index is 302. The maximum atomic E-state index is 7.80. The van der Waals surface area contributed by atoms with Crippen molar-refractivity contribution in [1.82, 2.24) is 0 Å². The van der Waals surface area contributed by atoms with Crippen molar-refractivity contribution in [2.75, 3.05) is 0 Å². The minimum absolute atomic E-state index is 0.365. The third-order valence-electron chi connectivity index (χ3n) is 1.12. The van der Waals surface area contributed by atoms with Gasteiger partial charge in [0.05, 0.1) is 5.48 Å². The minimum atomic E-state index is -1.63. The molecular formula is C8H12. The molecule has 0 saturated heterocycles. The highest BCUT2D eigenvalue weighted by molar-refractivity contribution is 5.12. The Morgan fingerprint density at radius 1 is 1.25 bits per heavy atom. The Morgan fingerprint density at radius 2 is 1.62 bits per heavy atom. The monoisotopic (exact) mass is 114 g/mol. The molecular weight excluding hydrogens is 96.1 g/mol. The van der Waals surface area contributed by atoms with E-state index in [-0.39, 0.29) is 12.1 Å². The molecule has 0 heteroatoms. The molecule has 0 fully saturated rings. The van der Waals surface area contributed by atoms with Crippen molar-refractivity contribution in [2.45, 2.75) is 13.8 Å². The van der Waals surface area contributed by atoms with Crippen molar-refractivity contribution >= 4 is 0 Å². The molecule has 0 saturated carbocycles. The number of rotatable bonds is 0. The molecule has 0 aliphatic heterocycles. The predicted molar refractivity (Wildman–Crippen MR) is 36.6 cm³/mol. The molecule has 0 bridgehead atoms. The lowest BCUT2D eigenvalue weighted by Crippen LogP contribution is -2.03. The van der Waals surface area contributed by atoms with Gasteiger partial charge in [-0.15, -0.1) is 0 Å². The smallest absolute Gasteiger partial charge is 0.0619 e. The van der Waals surface area contributed by atoms with E-state index in [9.17, 15) is 0 Å². The molecule has 2 unspecified atom stereocenters. The lowest BCUT2D eigenvalue weighted by molar-refractivity contribution is 0.552. The highest BCUT2D eigenvalue weighted by Crippen LogP contribution is 2.16.